The highest BCUT2D eigenvalue weighted by atomic mass is 35.5. The molecule has 0 aliphatic rings. The van der Waals surface area contributed by atoms with Gasteiger partial charge in [0, 0.05) is 36.6 Å². The summed E-state index contributed by atoms with van der Waals surface area (Å²) in [5.41, 5.74) is 0.265. The van der Waals surface area contributed by atoms with E-state index in [4.69, 9.17) is 58.0 Å². The Balaban J connectivity index is 0.000000423. The SMILES string of the molecule is O=C(CSCc1ccc(Cl)cc1Cl)CC(=O)Nc1ccc(Cl)cc1C(F)(F)F.SCc1ccc(Cl)cc1Cl. The summed E-state index contributed by atoms with van der Waals surface area (Å²) >= 11 is 34.2. The number of Topliss-reactive ketones (excluding diaryl/α,β-unsaturated/α-hetero) is 1. The number of nitrogens with one attached hydrogen (secondary N) is 1. The average molecular weight is 664 g/mol. The number of alkyl halides is 3. The number of anilines is 1. The second-order valence-corrected chi connectivity index (χ2v) is 11.0. The van der Waals surface area contributed by atoms with E-state index in [1.807, 2.05) is 6.07 Å². The molecule has 0 saturated carbocycles. The molecule has 0 aliphatic carbocycles. The van der Waals surface area contributed by atoms with Crippen LogP contribution >= 0.6 is 82.4 Å². The van der Waals surface area contributed by atoms with Crippen molar-refractivity contribution in [1.29, 1.82) is 0 Å². The molecule has 0 fully saturated rings. The number of halogens is 8. The van der Waals surface area contributed by atoms with Crippen LogP contribution in [0.1, 0.15) is 23.1 Å². The first-order valence-electron chi connectivity index (χ1n) is 10.5. The first-order chi connectivity index (χ1) is 17.8. The number of rotatable bonds is 8. The number of hydrogen-bond acceptors (Lipinski definition) is 4. The summed E-state index contributed by atoms with van der Waals surface area (Å²) in [6, 6.07) is 13.4. The van der Waals surface area contributed by atoms with Crippen LogP contribution in [-0.2, 0) is 27.3 Å². The lowest BCUT2D eigenvalue weighted by molar-refractivity contribution is -0.137. The minimum atomic E-state index is -4.69. The third-order valence-corrected chi connectivity index (χ3v) is 7.43. The van der Waals surface area contributed by atoms with Gasteiger partial charge in [-0.15, -0.1) is 11.8 Å². The van der Waals surface area contributed by atoms with E-state index >= 15 is 0 Å². The van der Waals surface area contributed by atoms with Gasteiger partial charge >= 0.3 is 6.18 Å². The fraction of sp³-hybridized carbons (Fsp3) is 0.200. The fourth-order valence-corrected chi connectivity index (χ4v) is 5.32. The molecule has 0 heterocycles. The highest BCUT2D eigenvalue weighted by Crippen LogP contribution is 2.36. The lowest BCUT2D eigenvalue weighted by atomic mass is 10.1. The molecule has 204 valence electrons. The molecule has 0 aromatic heterocycles. The summed E-state index contributed by atoms with van der Waals surface area (Å²) in [4.78, 5) is 23.9. The first-order valence-corrected chi connectivity index (χ1v) is 14.2. The quantitative estimate of drug-likeness (QED) is 0.186. The van der Waals surface area contributed by atoms with Gasteiger partial charge in [-0.05, 0) is 53.6 Å². The van der Waals surface area contributed by atoms with E-state index in [0.717, 1.165) is 17.2 Å². The van der Waals surface area contributed by atoms with Gasteiger partial charge in [0.1, 0.15) is 0 Å². The molecule has 0 unspecified atom stereocenters. The van der Waals surface area contributed by atoms with E-state index in [-0.39, 0.29) is 10.8 Å². The standard InChI is InChI=1S/C18H13Cl3F3NO2S.C7H6Cl2S/c19-11-3-4-16(14(5-11)18(22,23)24)25-17(27)7-13(26)9-28-8-10-1-2-12(20)6-15(10)21;8-6-2-1-5(4-10)7(9)3-6/h1-6H,7-9H2,(H,25,27);1-3,10H,4H2. The van der Waals surface area contributed by atoms with Crippen LogP contribution in [0.5, 0.6) is 0 Å². The molecule has 1 amide bonds. The molecule has 0 atom stereocenters. The van der Waals surface area contributed by atoms with Crippen molar-refractivity contribution in [2.24, 2.45) is 0 Å². The highest BCUT2D eigenvalue weighted by Gasteiger charge is 2.34. The molecule has 3 aromatic carbocycles. The first kappa shape index (κ1) is 32.9. The van der Waals surface area contributed by atoms with Crippen molar-refractivity contribution in [2.75, 3.05) is 11.1 Å². The van der Waals surface area contributed by atoms with Gasteiger partial charge in [-0.1, -0.05) is 70.1 Å². The number of benzene rings is 3. The molecular formula is C25H19Cl5F3NO2S2. The number of thioether (sulfide) groups is 1. The van der Waals surface area contributed by atoms with E-state index < -0.39 is 35.5 Å². The average Bonchev–Trinajstić information content (AvgIpc) is 2.81. The predicted molar refractivity (Wildman–Crippen MR) is 156 cm³/mol. The van der Waals surface area contributed by atoms with E-state index in [9.17, 15) is 22.8 Å². The van der Waals surface area contributed by atoms with Crippen LogP contribution in [-0.4, -0.2) is 17.4 Å². The fourth-order valence-electron chi connectivity index (χ4n) is 2.85. The van der Waals surface area contributed by atoms with Crippen LogP contribution in [0.25, 0.3) is 0 Å². The molecule has 3 nitrogen and oxygen atoms in total. The highest BCUT2D eigenvalue weighted by molar-refractivity contribution is 7.99. The number of carbonyl (C=O) groups is 2. The number of thiol groups is 1. The minimum Gasteiger partial charge on any atom is -0.325 e. The molecule has 0 aliphatic heterocycles. The van der Waals surface area contributed by atoms with E-state index in [1.165, 1.54) is 17.8 Å². The largest absolute Gasteiger partial charge is 0.418 e. The van der Waals surface area contributed by atoms with Crippen molar-refractivity contribution in [3.05, 3.63) is 96.4 Å². The Morgan fingerprint density at radius 1 is 0.816 bits per heavy atom. The second kappa shape index (κ2) is 15.5. The molecule has 3 aromatic rings. The van der Waals surface area contributed by atoms with Crippen LogP contribution in [0.4, 0.5) is 18.9 Å². The monoisotopic (exact) mass is 661 g/mol. The maximum absolute atomic E-state index is 13.0. The van der Waals surface area contributed by atoms with Crippen molar-refractivity contribution in [3.63, 3.8) is 0 Å². The van der Waals surface area contributed by atoms with Gasteiger partial charge in [-0.3, -0.25) is 9.59 Å². The predicted octanol–water partition coefficient (Wildman–Crippen LogP) is 9.92. The molecule has 0 saturated heterocycles. The smallest absolute Gasteiger partial charge is 0.325 e. The molecule has 0 radical (unpaired) electrons. The van der Waals surface area contributed by atoms with Gasteiger partial charge in [0.25, 0.3) is 0 Å². The van der Waals surface area contributed by atoms with Gasteiger partial charge in [0.2, 0.25) is 5.91 Å². The summed E-state index contributed by atoms with van der Waals surface area (Å²) in [6.45, 7) is 0. The van der Waals surface area contributed by atoms with E-state index in [0.29, 0.717) is 37.7 Å². The minimum absolute atomic E-state index is 0.0130. The Morgan fingerprint density at radius 3 is 1.87 bits per heavy atom. The summed E-state index contributed by atoms with van der Waals surface area (Å²) in [5, 5.41) is 4.31. The zero-order valence-corrected chi connectivity index (χ0v) is 24.7. The van der Waals surface area contributed by atoms with Gasteiger partial charge in [-0.25, -0.2) is 0 Å². The summed E-state index contributed by atoms with van der Waals surface area (Å²) in [7, 11) is 0. The zero-order chi connectivity index (χ0) is 28.5. The normalized spacial score (nSPS) is 11.0. The van der Waals surface area contributed by atoms with Crippen LogP contribution in [0.2, 0.25) is 25.1 Å². The molecule has 3 rings (SSSR count). The van der Waals surface area contributed by atoms with Crippen LogP contribution < -0.4 is 5.32 Å². The number of hydrogen-bond donors (Lipinski definition) is 2. The number of carbonyl (C=O) groups excluding carboxylic acids is 2. The molecule has 0 spiro atoms. The Morgan fingerprint density at radius 2 is 1.34 bits per heavy atom. The Kier molecular flexibility index (Phi) is 13.4. The molecule has 0 bridgehead atoms. The Bertz CT molecular complexity index is 1290. The Labute approximate surface area is 252 Å². The van der Waals surface area contributed by atoms with Gasteiger partial charge < -0.3 is 5.32 Å². The summed E-state index contributed by atoms with van der Waals surface area (Å²) in [5.74, 6) is -0.161. The van der Waals surface area contributed by atoms with Gasteiger partial charge in [-0.2, -0.15) is 25.8 Å². The molecule has 13 heteroatoms. The zero-order valence-electron chi connectivity index (χ0n) is 19.2. The van der Waals surface area contributed by atoms with Crippen molar-refractivity contribution in [2.45, 2.75) is 24.1 Å². The van der Waals surface area contributed by atoms with Crippen molar-refractivity contribution < 1.29 is 22.8 Å². The molecular weight excluding hydrogens is 645 g/mol. The third-order valence-electron chi connectivity index (χ3n) is 4.64. The summed E-state index contributed by atoms with van der Waals surface area (Å²) in [6.07, 6.45) is -5.23. The lowest BCUT2D eigenvalue weighted by Crippen LogP contribution is -2.20. The lowest BCUT2D eigenvalue weighted by Gasteiger charge is -2.14. The Hall–Kier alpha value is -1.26. The van der Waals surface area contributed by atoms with E-state index in [1.54, 1.807) is 30.3 Å². The topological polar surface area (TPSA) is 46.2 Å². The van der Waals surface area contributed by atoms with Crippen LogP contribution in [0.15, 0.2) is 54.6 Å². The van der Waals surface area contributed by atoms with Gasteiger partial charge in [0.15, 0.2) is 5.78 Å². The maximum atomic E-state index is 13.0. The second-order valence-electron chi connectivity index (χ2n) is 7.57. The van der Waals surface area contributed by atoms with Crippen molar-refractivity contribution in [3.8, 4) is 0 Å². The van der Waals surface area contributed by atoms with Gasteiger partial charge in [0.05, 0.1) is 23.4 Å². The molecule has 1 N–H and O–H groups in total. The molecule has 38 heavy (non-hydrogen) atoms. The third kappa shape index (κ3) is 11.1. The number of ketones is 1. The number of amides is 1. The summed E-state index contributed by atoms with van der Waals surface area (Å²) < 4.78 is 39.1. The van der Waals surface area contributed by atoms with Crippen LogP contribution in [0, 0.1) is 0 Å². The van der Waals surface area contributed by atoms with Crippen molar-refractivity contribution in [1.82, 2.24) is 0 Å². The van der Waals surface area contributed by atoms with Crippen molar-refractivity contribution >= 4 is 99.8 Å². The van der Waals surface area contributed by atoms with Crippen LogP contribution in [0.3, 0.4) is 0 Å². The maximum Gasteiger partial charge on any atom is 0.418 e. The van der Waals surface area contributed by atoms with E-state index in [2.05, 4.69) is 17.9 Å².